The van der Waals surface area contributed by atoms with Crippen LogP contribution in [-0.2, 0) is 18.5 Å². The molecule has 2 N–H and O–H groups in total. The number of carboxylic acid groups (broad SMARTS) is 1. The lowest BCUT2D eigenvalue weighted by Crippen LogP contribution is -2.51. The Bertz CT molecular complexity index is 1060. The summed E-state index contributed by atoms with van der Waals surface area (Å²) in [5, 5.41) is 12.4. The van der Waals surface area contributed by atoms with E-state index in [2.05, 4.69) is 52.4 Å². The summed E-state index contributed by atoms with van der Waals surface area (Å²) in [6, 6.07) is 1.40. The summed E-state index contributed by atoms with van der Waals surface area (Å²) in [6.45, 7) is 8.06. The monoisotopic (exact) mass is 573 g/mol. The topological polar surface area (TPSA) is 102 Å². The van der Waals surface area contributed by atoms with E-state index in [4.69, 9.17) is 14.8 Å². The van der Waals surface area contributed by atoms with E-state index >= 15 is 0 Å². The van der Waals surface area contributed by atoms with Crippen molar-refractivity contribution in [1.29, 1.82) is 0 Å². The molecule has 1 amide bonds. The Morgan fingerprint density at radius 3 is 2.56 bits per heavy atom. The number of aromatic nitrogens is 3. The van der Waals surface area contributed by atoms with Crippen LogP contribution in [0.2, 0.25) is 25.7 Å². The number of halogens is 1. The fraction of sp³-hybridized carbons (Fsp3) is 0.667. The van der Waals surface area contributed by atoms with E-state index in [9.17, 15) is 9.59 Å². The van der Waals surface area contributed by atoms with Crippen molar-refractivity contribution in [3.8, 4) is 0 Å². The Labute approximate surface area is 202 Å². The molecule has 2 aromatic rings. The summed E-state index contributed by atoms with van der Waals surface area (Å²) in [7, 11) is 0.611. The maximum absolute atomic E-state index is 13.3. The number of hydrogen-bond acceptors (Lipinski definition) is 5. The lowest BCUT2D eigenvalue weighted by atomic mass is 9.98. The van der Waals surface area contributed by atoms with E-state index in [1.165, 1.54) is 0 Å². The van der Waals surface area contributed by atoms with Crippen LogP contribution in [0.4, 0.5) is 10.7 Å². The molecule has 4 heterocycles. The molecule has 32 heavy (non-hydrogen) atoms. The third-order valence-electron chi connectivity index (χ3n) is 6.55. The van der Waals surface area contributed by atoms with Crippen LogP contribution in [0.25, 0.3) is 11.0 Å². The minimum absolute atomic E-state index is 0.0495. The summed E-state index contributed by atoms with van der Waals surface area (Å²) in [6.07, 6.45) is 4.39. The molecule has 0 saturated carbocycles. The molecule has 4 rings (SSSR count). The summed E-state index contributed by atoms with van der Waals surface area (Å²) < 4.78 is 10.4. The molecule has 3 atom stereocenters. The molecule has 2 aliphatic heterocycles. The van der Waals surface area contributed by atoms with E-state index in [0.29, 0.717) is 30.3 Å². The summed E-state index contributed by atoms with van der Waals surface area (Å²) in [5.74, 6) is 0.668. The van der Waals surface area contributed by atoms with Crippen molar-refractivity contribution in [1.82, 2.24) is 19.4 Å². The lowest BCUT2D eigenvalue weighted by Gasteiger charge is -2.40. The molecule has 2 fully saturated rings. The van der Waals surface area contributed by atoms with Gasteiger partial charge in [0.2, 0.25) is 5.95 Å². The predicted molar refractivity (Wildman–Crippen MR) is 135 cm³/mol. The van der Waals surface area contributed by atoms with Gasteiger partial charge in [-0.2, -0.15) is 4.98 Å². The minimum atomic E-state index is -1.17. The van der Waals surface area contributed by atoms with Gasteiger partial charge in [-0.1, -0.05) is 19.6 Å². The average Bonchev–Trinajstić information content (AvgIpc) is 3.13. The van der Waals surface area contributed by atoms with E-state index < -0.39 is 14.2 Å². The summed E-state index contributed by atoms with van der Waals surface area (Å²) in [5.41, 5.74) is 0.603. The second kappa shape index (κ2) is 8.97. The Balaban J connectivity index is 1.63. The van der Waals surface area contributed by atoms with E-state index in [-0.39, 0.29) is 23.7 Å². The molecular weight excluding hydrogens is 541 g/mol. The number of hydrogen-bond donors (Lipinski definition) is 2. The van der Waals surface area contributed by atoms with Gasteiger partial charge in [0, 0.05) is 49.6 Å². The van der Waals surface area contributed by atoms with E-state index in [0.717, 1.165) is 35.3 Å². The number of anilines is 1. The van der Waals surface area contributed by atoms with Crippen LogP contribution in [0.15, 0.2) is 11.0 Å². The van der Waals surface area contributed by atoms with Crippen molar-refractivity contribution in [3.63, 3.8) is 0 Å². The number of amides is 1. The maximum Gasteiger partial charge on any atom is 0.404 e. The van der Waals surface area contributed by atoms with Gasteiger partial charge in [0.05, 0.1) is 5.39 Å². The highest BCUT2D eigenvalue weighted by Gasteiger charge is 2.43. The highest BCUT2D eigenvalue weighted by molar-refractivity contribution is 14.1. The van der Waals surface area contributed by atoms with Gasteiger partial charge in [0.15, 0.2) is 5.65 Å². The molecule has 2 bridgehead atoms. The van der Waals surface area contributed by atoms with Gasteiger partial charge in [-0.15, -0.1) is 0 Å². The first kappa shape index (κ1) is 23.6. The third-order valence-corrected chi connectivity index (χ3v) is 9.07. The molecule has 9 nitrogen and oxygen atoms in total. The molecule has 2 aliphatic rings. The van der Waals surface area contributed by atoms with Crippen LogP contribution >= 0.6 is 22.6 Å². The molecule has 0 radical (unpaired) electrons. The first-order chi connectivity index (χ1) is 15.0. The Hall–Kier alpha value is -1.60. The zero-order chi connectivity index (χ0) is 23.2. The van der Waals surface area contributed by atoms with E-state index in [1.54, 1.807) is 11.6 Å². The number of nitrogens with one attached hydrogen (secondary N) is 1. The standard InChI is InChI=1S/C21H32IN5O4Si/c1-25-19(28)17-16(22)11-26(12-31-7-8-32(2,3)4)18(17)24-20(25)27-14-5-6-15(27)10-13(9-14)23-21(29)30/h11,13-15,23H,5-10,12H2,1-4H3,(H,29,30)/t13?,14-,15+. The highest BCUT2D eigenvalue weighted by Crippen LogP contribution is 2.38. The Morgan fingerprint density at radius 1 is 1.31 bits per heavy atom. The largest absolute Gasteiger partial charge is 0.465 e. The van der Waals surface area contributed by atoms with Crippen molar-refractivity contribution in [2.45, 2.75) is 76.2 Å². The summed E-state index contributed by atoms with van der Waals surface area (Å²) >= 11 is 2.20. The van der Waals surface area contributed by atoms with Crippen LogP contribution in [0.5, 0.6) is 0 Å². The Morgan fingerprint density at radius 2 is 1.97 bits per heavy atom. The molecule has 0 aliphatic carbocycles. The molecule has 2 saturated heterocycles. The lowest BCUT2D eigenvalue weighted by molar-refractivity contribution is 0.0898. The van der Waals surface area contributed by atoms with Crippen LogP contribution in [-0.4, -0.2) is 58.1 Å². The van der Waals surface area contributed by atoms with Crippen LogP contribution in [0.1, 0.15) is 25.7 Å². The van der Waals surface area contributed by atoms with Gasteiger partial charge in [-0.25, -0.2) is 4.79 Å². The van der Waals surface area contributed by atoms with Crippen molar-refractivity contribution in [2.75, 3.05) is 11.5 Å². The number of piperidine rings is 1. The van der Waals surface area contributed by atoms with Gasteiger partial charge < -0.3 is 24.6 Å². The van der Waals surface area contributed by atoms with Crippen molar-refractivity contribution >= 4 is 53.7 Å². The van der Waals surface area contributed by atoms with E-state index in [1.807, 2.05) is 10.8 Å². The second-order valence-electron chi connectivity index (χ2n) is 10.2. The molecule has 0 spiro atoms. The van der Waals surface area contributed by atoms with Crippen molar-refractivity contribution in [2.24, 2.45) is 7.05 Å². The van der Waals surface area contributed by atoms with Crippen molar-refractivity contribution < 1.29 is 14.6 Å². The number of carbonyl (C=O) groups is 1. The smallest absolute Gasteiger partial charge is 0.404 e. The Kier molecular flexibility index (Phi) is 6.60. The number of ether oxygens (including phenoxy) is 1. The van der Waals surface area contributed by atoms with Crippen molar-refractivity contribution in [3.05, 3.63) is 20.1 Å². The van der Waals surface area contributed by atoms with Crippen LogP contribution in [0.3, 0.4) is 0 Å². The van der Waals surface area contributed by atoms with Gasteiger partial charge in [-0.05, 0) is 54.3 Å². The molecule has 2 aromatic heterocycles. The fourth-order valence-electron chi connectivity index (χ4n) is 4.93. The molecule has 176 valence electrons. The zero-order valence-electron chi connectivity index (χ0n) is 19.1. The SMILES string of the molecule is Cn1c(N2[C@@H]3CC[C@H]2CC(NC(=O)O)C3)nc2c(c(I)cn2COCC[Si](C)(C)C)c1=O. The number of rotatable bonds is 7. The van der Waals surface area contributed by atoms with Gasteiger partial charge >= 0.3 is 6.09 Å². The zero-order valence-corrected chi connectivity index (χ0v) is 22.3. The molecule has 0 aromatic carbocycles. The molecule has 11 heteroatoms. The van der Waals surface area contributed by atoms with Crippen LogP contribution in [0, 0.1) is 3.57 Å². The summed E-state index contributed by atoms with van der Waals surface area (Å²) in [4.78, 5) is 31.6. The van der Waals surface area contributed by atoms with Gasteiger partial charge in [0.1, 0.15) is 6.73 Å². The van der Waals surface area contributed by atoms with Gasteiger partial charge in [-0.3, -0.25) is 9.36 Å². The third kappa shape index (κ3) is 4.69. The highest BCUT2D eigenvalue weighted by atomic mass is 127. The first-order valence-electron chi connectivity index (χ1n) is 11.2. The quantitative estimate of drug-likeness (QED) is 0.299. The first-order valence-corrected chi connectivity index (χ1v) is 15.9. The average molecular weight is 574 g/mol. The molecular formula is C21H32IN5O4Si. The predicted octanol–water partition coefficient (Wildman–Crippen LogP) is 3.42. The normalized spacial score (nSPS) is 23.2. The number of fused-ring (bicyclic) bond motifs is 3. The minimum Gasteiger partial charge on any atom is -0.465 e. The second-order valence-corrected chi connectivity index (χ2v) is 17.0. The van der Waals surface area contributed by atoms with Gasteiger partial charge in [0.25, 0.3) is 5.56 Å². The fourth-order valence-corrected chi connectivity index (χ4v) is 6.49. The molecule has 1 unspecified atom stereocenters. The number of nitrogens with zero attached hydrogens (tertiary/aromatic N) is 4. The maximum atomic E-state index is 13.3. The van der Waals surface area contributed by atoms with Crippen LogP contribution < -0.4 is 15.8 Å².